The van der Waals surface area contributed by atoms with Crippen molar-refractivity contribution in [1.82, 2.24) is 4.90 Å². The molecule has 0 saturated carbocycles. The average Bonchev–Trinajstić information content (AvgIpc) is 2.12. The summed E-state index contributed by atoms with van der Waals surface area (Å²) in [6, 6.07) is 0. The minimum atomic E-state index is -0.414. The van der Waals surface area contributed by atoms with Crippen LogP contribution in [0.4, 0.5) is 4.79 Å². The Kier molecular flexibility index (Phi) is 5.97. The van der Waals surface area contributed by atoms with Gasteiger partial charge in [0.25, 0.3) is 0 Å². The number of carbonyl (C=O) groups is 2. The Morgan fingerprint density at radius 3 is 2.40 bits per heavy atom. The lowest BCUT2D eigenvalue weighted by molar-refractivity contribution is -0.109. The highest BCUT2D eigenvalue weighted by Gasteiger charge is 2.26. The molecule has 0 atom stereocenters. The number of rotatable bonds is 5. The Balaban J connectivity index is 4.23. The first-order chi connectivity index (χ1) is 6.93. The Morgan fingerprint density at radius 1 is 1.40 bits per heavy atom. The highest BCUT2D eigenvalue weighted by atomic mass is 16.6. The van der Waals surface area contributed by atoms with Crippen molar-refractivity contribution in [3.63, 3.8) is 0 Å². The predicted molar refractivity (Wildman–Crippen MR) is 58.8 cm³/mol. The van der Waals surface area contributed by atoms with Crippen molar-refractivity contribution < 1.29 is 14.3 Å². The molecule has 1 amide bonds. The molecule has 0 aliphatic heterocycles. The molecule has 15 heavy (non-hydrogen) atoms. The zero-order chi connectivity index (χ0) is 11.9. The molecule has 0 spiro atoms. The van der Waals surface area contributed by atoms with Crippen LogP contribution in [-0.4, -0.2) is 36.0 Å². The van der Waals surface area contributed by atoms with Gasteiger partial charge in [-0.3, -0.25) is 4.90 Å². The van der Waals surface area contributed by atoms with Crippen LogP contribution in [0.15, 0.2) is 0 Å². The van der Waals surface area contributed by atoms with E-state index in [1.54, 1.807) is 0 Å². The summed E-state index contributed by atoms with van der Waals surface area (Å²) in [5, 5.41) is 0. The zero-order valence-electron chi connectivity index (χ0n) is 10.1. The van der Waals surface area contributed by atoms with Gasteiger partial charge in [-0.2, -0.15) is 0 Å². The third kappa shape index (κ3) is 5.40. The van der Waals surface area contributed by atoms with E-state index in [1.807, 2.05) is 27.7 Å². The number of hydrogen-bond donors (Lipinski definition) is 0. The van der Waals surface area contributed by atoms with Gasteiger partial charge in [0.2, 0.25) is 0 Å². The average molecular weight is 215 g/mol. The summed E-state index contributed by atoms with van der Waals surface area (Å²) < 4.78 is 5.05. The minimum absolute atomic E-state index is 0.0778. The summed E-state index contributed by atoms with van der Waals surface area (Å²) in [5.41, 5.74) is -0.385. The molecule has 0 unspecified atom stereocenters. The molecule has 0 saturated heterocycles. The van der Waals surface area contributed by atoms with Crippen molar-refractivity contribution in [1.29, 1.82) is 0 Å². The van der Waals surface area contributed by atoms with Gasteiger partial charge in [0, 0.05) is 5.54 Å². The summed E-state index contributed by atoms with van der Waals surface area (Å²) in [6.45, 7) is 8.14. The fourth-order valence-corrected chi connectivity index (χ4v) is 1.08. The minimum Gasteiger partial charge on any atom is -0.449 e. The highest BCUT2D eigenvalue weighted by Crippen LogP contribution is 2.13. The zero-order valence-corrected chi connectivity index (χ0v) is 10.1. The first-order valence-electron chi connectivity index (χ1n) is 5.31. The number of amides is 1. The Labute approximate surface area is 91.6 Å². The van der Waals surface area contributed by atoms with E-state index < -0.39 is 6.09 Å². The van der Waals surface area contributed by atoms with E-state index in [0.717, 1.165) is 12.8 Å². The second-order valence-electron chi connectivity index (χ2n) is 4.42. The maximum absolute atomic E-state index is 11.6. The maximum Gasteiger partial charge on any atom is 0.410 e. The molecule has 0 bridgehead atoms. The second-order valence-corrected chi connectivity index (χ2v) is 4.42. The molecule has 0 radical (unpaired) electrons. The monoisotopic (exact) mass is 215 g/mol. The third-order valence-electron chi connectivity index (χ3n) is 2.01. The molecule has 88 valence electrons. The number of nitrogens with zero attached hydrogens (tertiary/aromatic N) is 1. The summed E-state index contributed by atoms with van der Waals surface area (Å²) in [4.78, 5) is 23.5. The smallest absolute Gasteiger partial charge is 0.410 e. The summed E-state index contributed by atoms with van der Waals surface area (Å²) in [7, 11) is 0. The molecule has 4 heteroatoms. The predicted octanol–water partition coefficient (Wildman–Crippen LogP) is 2.22. The Hall–Kier alpha value is -1.06. The molecular formula is C11H21NO3. The summed E-state index contributed by atoms with van der Waals surface area (Å²) >= 11 is 0. The van der Waals surface area contributed by atoms with Gasteiger partial charge in [-0.15, -0.1) is 0 Å². The van der Waals surface area contributed by atoms with Gasteiger partial charge in [-0.05, 0) is 27.2 Å². The van der Waals surface area contributed by atoms with Gasteiger partial charge < -0.3 is 9.53 Å². The molecule has 4 nitrogen and oxygen atoms in total. The van der Waals surface area contributed by atoms with Crippen LogP contribution in [-0.2, 0) is 9.53 Å². The normalized spacial score (nSPS) is 10.9. The van der Waals surface area contributed by atoms with E-state index in [4.69, 9.17) is 4.74 Å². The molecule has 0 aromatic heterocycles. The second kappa shape index (κ2) is 6.43. The lowest BCUT2D eigenvalue weighted by Gasteiger charge is -2.33. The van der Waals surface area contributed by atoms with Crippen LogP contribution in [0.1, 0.15) is 40.5 Å². The molecule has 0 heterocycles. The van der Waals surface area contributed by atoms with Gasteiger partial charge in [0.1, 0.15) is 6.29 Å². The fraction of sp³-hybridized carbons (Fsp3) is 0.818. The first-order valence-corrected chi connectivity index (χ1v) is 5.31. The third-order valence-corrected chi connectivity index (χ3v) is 2.01. The van der Waals surface area contributed by atoms with Crippen molar-refractivity contribution in [3.05, 3.63) is 0 Å². The molecule has 0 rings (SSSR count). The maximum atomic E-state index is 11.6. The van der Waals surface area contributed by atoms with Gasteiger partial charge in [0.05, 0.1) is 13.2 Å². The molecule has 0 aliphatic rings. The largest absolute Gasteiger partial charge is 0.449 e. The number of aldehydes is 1. The summed E-state index contributed by atoms with van der Waals surface area (Å²) in [5.74, 6) is 0. The van der Waals surface area contributed by atoms with Crippen molar-refractivity contribution in [3.8, 4) is 0 Å². The number of ether oxygens (including phenoxy) is 1. The van der Waals surface area contributed by atoms with Crippen LogP contribution in [0.3, 0.4) is 0 Å². The van der Waals surface area contributed by atoms with Crippen LogP contribution in [0.5, 0.6) is 0 Å². The van der Waals surface area contributed by atoms with Gasteiger partial charge in [-0.25, -0.2) is 4.79 Å². The molecule has 0 aromatic rings. The number of carbonyl (C=O) groups excluding carboxylic acids is 2. The first kappa shape index (κ1) is 13.9. The van der Waals surface area contributed by atoms with E-state index in [0.29, 0.717) is 12.9 Å². The molecule has 0 fully saturated rings. The number of unbranched alkanes of at least 4 members (excludes halogenated alkanes) is 1. The molecule has 0 aliphatic carbocycles. The van der Waals surface area contributed by atoms with Crippen LogP contribution < -0.4 is 0 Å². The van der Waals surface area contributed by atoms with Crippen LogP contribution in [0, 0.1) is 0 Å². The van der Waals surface area contributed by atoms with Gasteiger partial charge in [0.15, 0.2) is 0 Å². The molecular weight excluding hydrogens is 194 g/mol. The van der Waals surface area contributed by atoms with E-state index >= 15 is 0 Å². The van der Waals surface area contributed by atoms with Crippen molar-refractivity contribution in [2.45, 2.75) is 46.1 Å². The van der Waals surface area contributed by atoms with E-state index in [2.05, 4.69) is 0 Å². The lowest BCUT2D eigenvalue weighted by atomic mass is 10.1. The standard InChI is InChI=1S/C11H21NO3/c1-5-6-9-15-10(14)12(7-8-13)11(2,3)4/h8H,5-7,9H2,1-4H3. The topological polar surface area (TPSA) is 46.6 Å². The van der Waals surface area contributed by atoms with E-state index in [1.165, 1.54) is 4.90 Å². The SMILES string of the molecule is CCCCOC(=O)N(CC=O)C(C)(C)C. The van der Waals surface area contributed by atoms with Crippen LogP contribution in [0.2, 0.25) is 0 Å². The quantitative estimate of drug-likeness (QED) is 0.522. The lowest BCUT2D eigenvalue weighted by Crippen LogP contribution is -2.46. The van der Waals surface area contributed by atoms with E-state index in [-0.39, 0.29) is 12.1 Å². The fourth-order valence-electron chi connectivity index (χ4n) is 1.08. The van der Waals surface area contributed by atoms with Crippen molar-refractivity contribution in [2.75, 3.05) is 13.2 Å². The van der Waals surface area contributed by atoms with Crippen molar-refractivity contribution >= 4 is 12.4 Å². The Morgan fingerprint density at radius 2 is 2.00 bits per heavy atom. The molecule has 0 aromatic carbocycles. The molecule has 0 N–H and O–H groups in total. The Bertz CT molecular complexity index is 208. The highest BCUT2D eigenvalue weighted by molar-refractivity contribution is 5.72. The van der Waals surface area contributed by atoms with Crippen LogP contribution >= 0.6 is 0 Å². The number of hydrogen-bond acceptors (Lipinski definition) is 3. The van der Waals surface area contributed by atoms with Crippen molar-refractivity contribution in [2.24, 2.45) is 0 Å². The van der Waals surface area contributed by atoms with Gasteiger partial charge >= 0.3 is 6.09 Å². The van der Waals surface area contributed by atoms with Crippen LogP contribution in [0.25, 0.3) is 0 Å². The van der Waals surface area contributed by atoms with Gasteiger partial charge in [-0.1, -0.05) is 13.3 Å². The van der Waals surface area contributed by atoms with E-state index in [9.17, 15) is 9.59 Å². The summed E-state index contributed by atoms with van der Waals surface area (Å²) in [6.07, 6.45) is 2.14.